The molecule has 1 aliphatic heterocycles. The van der Waals surface area contributed by atoms with Crippen molar-refractivity contribution in [2.75, 3.05) is 6.54 Å². The summed E-state index contributed by atoms with van der Waals surface area (Å²) in [6.07, 6.45) is -2.78. The van der Waals surface area contributed by atoms with Gasteiger partial charge in [-0.25, -0.2) is 9.59 Å². The van der Waals surface area contributed by atoms with E-state index in [2.05, 4.69) is 4.74 Å². The highest BCUT2D eigenvalue weighted by atomic mass is 19.3. The lowest BCUT2D eigenvalue weighted by Crippen LogP contribution is -2.39. The van der Waals surface area contributed by atoms with Crippen molar-refractivity contribution in [2.24, 2.45) is 0 Å². The molecule has 1 amide bonds. The Bertz CT molecular complexity index is 250. The Morgan fingerprint density at radius 2 is 2.00 bits per heavy atom. The van der Waals surface area contributed by atoms with Crippen LogP contribution in [0.3, 0.4) is 0 Å². The Hall–Kier alpha value is -1.44. The fourth-order valence-corrected chi connectivity index (χ4v) is 1.49. The third-order valence-corrected chi connectivity index (χ3v) is 2.09. The number of carboxylic acids is 1. The highest BCUT2D eigenvalue weighted by Crippen LogP contribution is 2.22. The predicted octanol–water partition coefficient (Wildman–Crippen LogP) is 0.431. The van der Waals surface area contributed by atoms with Crippen LogP contribution in [0, 0.1) is 0 Å². The number of carbonyl (C=O) groups is 2. The zero-order valence-electron chi connectivity index (χ0n) is 7.47. The van der Waals surface area contributed by atoms with Gasteiger partial charge in [-0.3, -0.25) is 4.90 Å². The first-order valence-electron chi connectivity index (χ1n) is 4.07. The maximum Gasteiger partial charge on any atom is 0.408 e. The number of rotatable bonds is 3. The van der Waals surface area contributed by atoms with E-state index in [1.807, 2.05) is 0 Å². The fourth-order valence-electron chi connectivity index (χ4n) is 1.49. The number of aliphatic carboxylic acids is 1. The van der Waals surface area contributed by atoms with Crippen LogP contribution in [0.4, 0.5) is 13.6 Å². The number of nitrogens with zero attached hydrogens (tertiary/aromatic N) is 1. The number of hydrogen-bond donors (Lipinski definition) is 2. The van der Waals surface area contributed by atoms with Gasteiger partial charge < -0.3 is 14.9 Å². The Labute approximate surface area is 83.0 Å². The quantitative estimate of drug-likeness (QED) is 0.727. The summed E-state index contributed by atoms with van der Waals surface area (Å²) in [5, 5.41) is 17.2. The van der Waals surface area contributed by atoms with Crippen LogP contribution in [0.15, 0.2) is 0 Å². The molecule has 1 heterocycles. The molecule has 0 bridgehead atoms. The van der Waals surface area contributed by atoms with Crippen LogP contribution in [-0.4, -0.2) is 52.5 Å². The van der Waals surface area contributed by atoms with E-state index in [1.54, 1.807) is 0 Å². The molecule has 1 fully saturated rings. The minimum atomic E-state index is -3.03. The maximum atomic E-state index is 11.8. The van der Waals surface area contributed by atoms with Gasteiger partial charge >= 0.3 is 18.7 Å². The van der Waals surface area contributed by atoms with E-state index in [4.69, 9.17) is 10.2 Å². The number of likely N-dealkylation sites (tertiary alicyclic amines) is 1. The van der Waals surface area contributed by atoms with Gasteiger partial charge in [0.25, 0.3) is 0 Å². The highest BCUT2D eigenvalue weighted by molar-refractivity contribution is 5.80. The number of alkyl halides is 2. The molecule has 6 nitrogen and oxygen atoms in total. The van der Waals surface area contributed by atoms with Gasteiger partial charge in [0.2, 0.25) is 0 Å². The number of carboxylic acid groups (broad SMARTS) is 2. The molecule has 15 heavy (non-hydrogen) atoms. The fraction of sp³-hybridized carbons (Fsp3) is 0.714. The van der Waals surface area contributed by atoms with Crippen LogP contribution in [-0.2, 0) is 9.53 Å². The van der Waals surface area contributed by atoms with Crippen molar-refractivity contribution >= 4 is 12.1 Å². The molecule has 0 spiro atoms. The highest BCUT2D eigenvalue weighted by Gasteiger charge is 2.41. The molecule has 0 aliphatic carbocycles. The molecule has 0 aromatic heterocycles. The second-order valence-electron chi connectivity index (χ2n) is 3.04. The monoisotopic (exact) mass is 225 g/mol. The molecule has 2 N–H and O–H groups in total. The Morgan fingerprint density at radius 1 is 1.40 bits per heavy atom. The molecule has 0 saturated carbocycles. The number of hydrogen-bond acceptors (Lipinski definition) is 3. The molecule has 1 saturated heterocycles. The zero-order chi connectivity index (χ0) is 11.6. The molecule has 2 unspecified atom stereocenters. The smallest absolute Gasteiger partial charge is 0.408 e. The van der Waals surface area contributed by atoms with Crippen LogP contribution in [0.2, 0.25) is 0 Å². The van der Waals surface area contributed by atoms with Gasteiger partial charge in [-0.05, 0) is 0 Å². The molecular weight excluding hydrogens is 216 g/mol. The van der Waals surface area contributed by atoms with E-state index in [9.17, 15) is 18.4 Å². The van der Waals surface area contributed by atoms with Gasteiger partial charge in [-0.15, -0.1) is 0 Å². The molecular formula is C7H9F2NO5. The van der Waals surface area contributed by atoms with Crippen LogP contribution >= 0.6 is 0 Å². The Kier molecular flexibility index (Phi) is 3.40. The van der Waals surface area contributed by atoms with E-state index in [-0.39, 0.29) is 13.0 Å². The molecule has 8 heteroatoms. The van der Waals surface area contributed by atoms with Crippen molar-refractivity contribution in [1.82, 2.24) is 4.90 Å². The summed E-state index contributed by atoms with van der Waals surface area (Å²) in [5.41, 5.74) is 0. The van der Waals surface area contributed by atoms with Crippen molar-refractivity contribution in [3.05, 3.63) is 0 Å². The summed E-state index contributed by atoms with van der Waals surface area (Å²) in [6.45, 7) is -3.38. The summed E-state index contributed by atoms with van der Waals surface area (Å²) in [4.78, 5) is 21.7. The summed E-state index contributed by atoms with van der Waals surface area (Å²) in [6, 6.07) is -1.31. The SMILES string of the molecule is O=C(O)C1CC(OC(F)F)CN1C(=O)O. The predicted molar refractivity (Wildman–Crippen MR) is 41.6 cm³/mol. The first-order valence-corrected chi connectivity index (χ1v) is 4.07. The normalized spacial score (nSPS) is 25.9. The second-order valence-corrected chi connectivity index (χ2v) is 3.04. The summed E-state index contributed by atoms with van der Waals surface area (Å²) >= 11 is 0. The van der Waals surface area contributed by atoms with Crippen LogP contribution in [0.5, 0.6) is 0 Å². The van der Waals surface area contributed by atoms with Gasteiger partial charge in [0, 0.05) is 6.42 Å². The van der Waals surface area contributed by atoms with E-state index in [0.29, 0.717) is 4.90 Å². The molecule has 86 valence electrons. The summed E-state index contributed by atoms with van der Waals surface area (Å²) in [7, 11) is 0. The van der Waals surface area contributed by atoms with Crippen LogP contribution in [0.1, 0.15) is 6.42 Å². The van der Waals surface area contributed by atoms with Gasteiger partial charge in [0.1, 0.15) is 6.04 Å². The molecule has 0 aromatic rings. The topological polar surface area (TPSA) is 87.1 Å². The maximum absolute atomic E-state index is 11.8. The molecule has 0 aromatic carbocycles. The van der Waals surface area contributed by atoms with E-state index in [1.165, 1.54) is 0 Å². The van der Waals surface area contributed by atoms with Crippen molar-refractivity contribution in [1.29, 1.82) is 0 Å². The van der Waals surface area contributed by atoms with Gasteiger partial charge in [-0.1, -0.05) is 0 Å². The molecule has 1 aliphatic rings. The first-order chi connectivity index (χ1) is 6.91. The van der Waals surface area contributed by atoms with Crippen molar-refractivity contribution < 1.29 is 33.3 Å². The minimum absolute atomic E-state index is 0.258. The van der Waals surface area contributed by atoms with Crippen LogP contribution < -0.4 is 0 Å². The number of halogens is 2. The average Bonchev–Trinajstić information content (AvgIpc) is 2.46. The van der Waals surface area contributed by atoms with Crippen LogP contribution in [0.25, 0.3) is 0 Å². The Balaban J connectivity index is 2.65. The van der Waals surface area contributed by atoms with E-state index >= 15 is 0 Å². The van der Waals surface area contributed by atoms with Gasteiger partial charge in [0.15, 0.2) is 0 Å². The lowest BCUT2D eigenvalue weighted by molar-refractivity contribution is -0.159. The third-order valence-electron chi connectivity index (χ3n) is 2.09. The van der Waals surface area contributed by atoms with Crippen molar-refractivity contribution in [3.8, 4) is 0 Å². The summed E-state index contributed by atoms with van der Waals surface area (Å²) < 4.78 is 27.7. The number of ether oxygens (including phenoxy) is 1. The zero-order valence-corrected chi connectivity index (χ0v) is 7.47. The van der Waals surface area contributed by atoms with E-state index < -0.39 is 30.8 Å². The standard InChI is InChI=1S/C7H9F2NO5/c8-6(9)15-3-1-4(5(11)12)10(2-3)7(13)14/h3-4,6H,1-2H2,(H,11,12)(H,13,14). The average molecular weight is 225 g/mol. The summed E-state index contributed by atoms with van der Waals surface area (Å²) in [5.74, 6) is -1.36. The van der Waals surface area contributed by atoms with Gasteiger partial charge in [0.05, 0.1) is 12.6 Å². The molecule has 1 rings (SSSR count). The first kappa shape index (κ1) is 11.6. The lowest BCUT2D eigenvalue weighted by Gasteiger charge is -2.16. The van der Waals surface area contributed by atoms with Crippen molar-refractivity contribution in [2.45, 2.75) is 25.2 Å². The molecule has 2 atom stereocenters. The third kappa shape index (κ3) is 2.75. The van der Waals surface area contributed by atoms with Crippen molar-refractivity contribution in [3.63, 3.8) is 0 Å². The lowest BCUT2D eigenvalue weighted by atomic mass is 10.2. The second kappa shape index (κ2) is 4.39. The Morgan fingerprint density at radius 3 is 2.33 bits per heavy atom. The van der Waals surface area contributed by atoms with Gasteiger partial charge in [-0.2, -0.15) is 8.78 Å². The molecule has 0 radical (unpaired) electrons. The minimum Gasteiger partial charge on any atom is -0.480 e. The number of amides is 1. The van der Waals surface area contributed by atoms with E-state index in [0.717, 1.165) is 0 Å². The largest absolute Gasteiger partial charge is 0.480 e.